The van der Waals surface area contributed by atoms with E-state index in [1.807, 2.05) is 0 Å². The fourth-order valence-corrected chi connectivity index (χ4v) is 3.67. The van der Waals surface area contributed by atoms with E-state index in [0.29, 0.717) is 0 Å². The summed E-state index contributed by atoms with van der Waals surface area (Å²) in [6.45, 7) is 2.53. The van der Waals surface area contributed by atoms with Crippen molar-refractivity contribution < 1.29 is 27.1 Å². The summed E-state index contributed by atoms with van der Waals surface area (Å²) in [6, 6.07) is 1.72. The molecule has 0 saturated heterocycles. The minimum atomic E-state index is -1.58. The second kappa shape index (κ2) is 8.11. The highest BCUT2D eigenvalue weighted by Gasteiger charge is 2.61. The van der Waals surface area contributed by atoms with Gasteiger partial charge in [0.2, 0.25) is 0 Å². The molecule has 0 bridgehead atoms. The molecule has 2 rings (SSSR count). The molecule has 2 unspecified atom stereocenters. The van der Waals surface area contributed by atoms with Gasteiger partial charge in [0.15, 0.2) is 23.3 Å². The zero-order valence-electron chi connectivity index (χ0n) is 14.7. The Balaban J connectivity index is 2.18. The molecule has 1 saturated carbocycles. The Morgan fingerprint density at radius 3 is 2.22 bits per heavy atom. The number of allylic oxidation sites excluding steroid dienone is 2. The van der Waals surface area contributed by atoms with Crippen molar-refractivity contribution in [2.24, 2.45) is 17.3 Å². The first-order valence-electron chi connectivity index (χ1n) is 7.84. The molecule has 0 aromatic heterocycles. The van der Waals surface area contributed by atoms with E-state index < -0.39 is 58.3 Å². The number of benzene rings is 1. The molecule has 0 radical (unpaired) electrons. The quantitative estimate of drug-likeness (QED) is 0.278. The Morgan fingerprint density at radius 1 is 1.22 bits per heavy atom. The Hall–Kier alpha value is -1.72. The van der Waals surface area contributed by atoms with E-state index >= 15 is 0 Å². The van der Waals surface area contributed by atoms with Crippen LogP contribution >= 0.6 is 23.4 Å². The normalized spacial score (nSPS) is 20.9. The summed E-state index contributed by atoms with van der Waals surface area (Å²) in [5.74, 6) is -8.26. The van der Waals surface area contributed by atoms with Gasteiger partial charge in [0, 0.05) is 11.3 Å². The van der Waals surface area contributed by atoms with Crippen LogP contribution in [-0.2, 0) is 21.9 Å². The van der Waals surface area contributed by atoms with Gasteiger partial charge in [0.05, 0.1) is 11.5 Å². The third-order valence-corrected chi connectivity index (χ3v) is 5.48. The predicted molar refractivity (Wildman–Crippen MR) is 93.6 cm³/mol. The van der Waals surface area contributed by atoms with Crippen LogP contribution in [0.5, 0.6) is 0 Å². The van der Waals surface area contributed by atoms with Crippen LogP contribution in [-0.4, -0.2) is 12.2 Å². The molecule has 9 heteroatoms. The lowest BCUT2D eigenvalue weighted by Crippen LogP contribution is -2.14. The van der Waals surface area contributed by atoms with Crippen LogP contribution in [0, 0.1) is 51.9 Å². The number of hydrogen-bond donors (Lipinski definition) is 0. The van der Waals surface area contributed by atoms with E-state index in [4.69, 9.17) is 21.6 Å². The third-order valence-electron chi connectivity index (χ3n) is 4.69. The Kier molecular flexibility index (Phi) is 6.48. The minimum absolute atomic E-state index is 0.0889. The van der Waals surface area contributed by atoms with E-state index in [2.05, 4.69) is 0 Å². The maximum Gasteiger partial charge on any atom is 0.310 e. The van der Waals surface area contributed by atoms with E-state index in [-0.39, 0.29) is 16.7 Å². The smallest absolute Gasteiger partial charge is 0.310 e. The van der Waals surface area contributed by atoms with Crippen molar-refractivity contribution in [3.63, 3.8) is 0 Å². The fourth-order valence-electron chi connectivity index (χ4n) is 2.99. The van der Waals surface area contributed by atoms with Crippen LogP contribution in [0.1, 0.15) is 25.0 Å². The maximum atomic E-state index is 14.1. The summed E-state index contributed by atoms with van der Waals surface area (Å²) in [6.07, 6.45) is 2.94. The molecule has 1 aromatic rings. The van der Waals surface area contributed by atoms with Gasteiger partial charge < -0.3 is 4.74 Å². The van der Waals surface area contributed by atoms with Gasteiger partial charge in [0.25, 0.3) is 0 Å². The molecule has 1 aromatic carbocycles. The van der Waals surface area contributed by atoms with Crippen molar-refractivity contribution in [1.82, 2.24) is 0 Å². The molecule has 1 aliphatic rings. The molecule has 0 N–H and O–H groups in total. The summed E-state index contributed by atoms with van der Waals surface area (Å²) in [4.78, 5) is 12.2. The Morgan fingerprint density at radius 2 is 1.74 bits per heavy atom. The number of nitrogens with zero attached hydrogens (tertiary/aromatic N) is 1. The van der Waals surface area contributed by atoms with Gasteiger partial charge in [0.1, 0.15) is 17.7 Å². The highest BCUT2D eigenvalue weighted by Crippen LogP contribution is 2.60. The van der Waals surface area contributed by atoms with Gasteiger partial charge in [-0.25, -0.2) is 17.6 Å². The first kappa shape index (κ1) is 21.6. The number of hydrogen-bond acceptors (Lipinski definition) is 4. The van der Waals surface area contributed by atoms with Crippen LogP contribution in [0.25, 0.3) is 0 Å². The van der Waals surface area contributed by atoms with Gasteiger partial charge >= 0.3 is 5.97 Å². The first-order valence-corrected chi connectivity index (χ1v) is 9.61. The van der Waals surface area contributed by atoms with Crippen molar-refractivity contribution in [2.75, 3.05) is 6.26 Å². The lowest BCUT2D eigenvalue weighted by Gasteiger charge is -2.12. The zero-order valence-corrected chi connectivity index (χ0v) is 16.3. The first-order chi connectivity index (χ1) is 12.6. The van der Waals surface area contributed by atoms with Gasteiger partial charge in [-0.3, -0.25) is 4.79 Å². The molecule has 0 spiro atoms. The average Bonchev–Trinajstić information content (AvgIpc) is 3.16. The molecule has 0 aliphatic heterocycles. The average molecular weight is 422 g/mol. The monoisotopic (exact) mass is 421 g/mol. The standard InChI is InChI=1S/C18H16ClF4NO2S/c1-18(2)11(4-8(19)5-24)12(18)17(25)26-6-9-13(20)15(22)10(7-27-3)16(23)14(9)21/h4,11-12H,6-7H2,1-3H3. The Labute approximate surface area is 163 Å². The third kappa shape index (κ3) is 4.09. The van der Waals surface area contributed by atoms with Crippen molar-refractivity contribution in [1.29, 1.82) is 5.26 Å². The topological polar surface area (TPSA) is 50.1 Å². The second-order valence-corrected chi connectivity index (χ2v) is 7.98. The number of carbonyl (C=O) groups is 1. The lowest BCUT2D eigenvalue weighted by atomic mass is 10.1. The van der Waals surface area contributed by atoms with Crippen LogP contribution in [0.3, 0.4) is 0 Å². The highest BCUT2D eigenvalue weighted by molar-refractivity contribution is 7.97. The van der Waals surface area contributed by atoms with Crippen molar-refractivity contribution in [2.45, 2.75) is 26.2 Å². The highest BCUT2D eigenvalue weighted by atomic mass is 35.5. The number of esters is 1. The number of ether oxygens (including phenoxy) is 1. The summed E-state index contributed by atoms with van der Waals surface area (Å²) >= 11 is 6.66. The van der Waals surface area contributed by atoms with Crippen molar-refractivity contribution in [3.8, 4) is 6.07 Å². The summed E-state index contributed by atoms with van der Waals surface area (Å²) in [5, 5.41) is 8.62. The van der Waals surface area contributed by atoms with Crippen LogP contribution in [0.15, 0.2) is 11.1 Å². The van der Waals surface area contributed by atoms with Gasteiger partial charge in [-0.1, -0.05) is 31.5 Å². The molecule has 1 fully saturated rings. The van der Waals surface area contributed by atoms with E-state index in [1.54, 1.807) is 19.9 Å². The molecule has 0 heterocycles. The summed E-state index contributed by atoms with van der Waals surface area (Å²) in [7, 11) is 0. The Bertz CT molecular complexity index is 822. The molecule has 3 nitrogen and oxygen atoms in total. The second-order valence-electron chi connectivity index (χ2n) is 6.70. The molecular formula is C18H16ClF4NO2S. The summed E-state index contributed by atoms with van der Waals surface area (Å²) in [5.41, 5.74) is -2.25. The molecule has 27 heavy (non-hydrogen) atoms. The molecule has 1 aliphatic carbocycles. The van der Waals surface area contributed by atoms with E-state index in [1.165, 1.54) is 12.3 Å². The zero-order chi connectivity index (χ0) is 20.5. The number of rotatable bonds is 6. The SMILES string of the molecule is CSCc1c(F)c(F)c(COC(=O)C2C(C=C(Cl)C#N)C2(C)C)c(F)c1F. The van der Waals surface area contributed by atoms with Crippen LogP contribution < -0.4 is 0 Å². The predicted octanol–water partition coefficient (Wildman–Crippen LogP) is 5.07. The van der Waals surface area contributed by atoms with Gasteiger partial charge in [-0.2, -0.15) is 17.0 Å². The molecule has 0 amide bonds. The van der Waals surface area contributed by atoms with Crippen LogP contribution in [0.2, 0.25) is 0 Å². The maximum absolute atomic E-state index is 14.1. The fraction of sp³-hybridized carbons (Fsp3) is 0.444. The molecule has 2 atom stereocenters. The van der Waals surface area contributed by atoms with Crippen molar-refractivity contribution >= 4 is 29.3 Å². The minimum Gasteiger partial charge on any atom is -0.460 e. The van der Waals surface area contributed by atoms with E-state index in [9.17, 15) is 22.4 Å². The largest absolute Gasteiger partial charge is 0.460 e. The number of halogens is 5. The van der Waals surface area contributed by atoms with Crippen LogP contribution in [0.4, 0.5) is 17.6 Å². The van der Waals surface area contributed by atoms with Gasteiger partial charge in [-0.15, -0.1) is 0 Å². The molecule has 146 valence electrons. The van der Waals surface area contributed by atoms with E-state index in [0.717, 1.165) is 11.8 Å². The van der Waals surface area contributed by atoms with Gasteiger partial charge in [-0.05, 0) is 17.6 Å². The number of carbonyl (C=O) groups excluding carboxylic acids is 1. The summed E-state index contributed by atoms with van der Waals surface area (Å²) < 4.78 is 61.0. The van der Waals surface area contributed by atoms with Crippen molar-refractivity contribution in [3.05, 3.63) is 45.5 Å². The number of thioether (sulfide) groups is 1. The molecular weight excluding hydrogens is 406 g/mol. The number of nitriles is 1. The lowest BCUT2D eigenvalue weighted by molar-refractivity contribution is -0.147.